The minimum Gasteiger partial charge on any atom is -0.382 e. The van der Waals surface area contributed by atoms with Crippen molar-refractivity contribution in [3.63, 3.8) is 0 Å². The maximum Gasteiger partial charge on any atom is 0.258 e. The SMILES string of the molecule is CC(C)NC(=O)c1c(N)nsc1NCCc1cccnc1. The zero-order chi connectivity index (χ0) is 15.2. The van der Waals surface area contributed by atoms with Gasteiger partial charge in [0.15, 0.2) is 5.82 Å². The Hall–Kier alpha value is -2.15. The van der Waals surface area contributed by atoms with Gasteiger partial charge in [-0.15, -0.1) is 0 Å². The van der Waals surface area contributed by atoms with Gasteiger partial charge in [0.2, 0.25) is 0 Å². The molecule has 2 aromatic rings. The molecule has 6 nitrogen and oxygen atoms in total. The summed E-state index contributed by atoms with van der Waals surface area (Å²) in [5.41, 5.74) is 7.35. The molecular formula is C14H19N5OS. The predicted molar refractivity (Wildman–Crippen MR) is 85.6 cm³/mol. The van der Waals surface area contributed by atoms with Crippen molar-refractivity contribution < 1.29 is 4.79 Å². The minimum atomic E-state index is -0.194. The Morgan fingerprint density at radius 2 is 2.29 bits per heavy atom. The second kappa shape index (κ2) is 7.03. The number of carbonyl (C=O) groups is 1. The molecular weight excluding hydrogens is 286 g/mol. The third-order valence-corrected chi connectivity index (χ3v) is 3.61. The summed E-state index contributed by atoms with van der Waals surface area (Å²) in [6.45, 7) is 4.50. The van der Waals surface area contributed by atoms with Crippen molar-refractivity contribution in [3.05, 3.63) is 35.7 Å². The van der Waals surface area contributed by atoms with Crippen LogP contribution in [-0.2, 0) is 6.42 Å². The number of nitrogens with zero attached hydrogens (tertiary/aromatic N) is 2. The quantitative estimate of drug-likeness (QED) is 0.758. The lowest BCUT2D eigenvalue weighted by atomic mass is 10.2. The molecule has 112 valence electrons. The largest absolute Gasteiger partial charge is 0.382 e. The second-order valence-corrected chi connectivity index (χ2v) is 5.71. The third-order valence-electron chi connectivity index (χ3n) is 2.79. The van der Waals surface area contributed by atoms with Gasteiger partial charge in [0.05, 0.1) is 0 Å². The Balaban J connectivity index is 1.99. The lowest BCUT2D eigenvalue weighted by Crippen LogP contribution is -2.31. The number of pyridine rings is 1. The molecule has 0 bridgehead atoms. The van der Waals surface area contributed by atoms with E-state index in [0.29, 0.717) is 17.1 Å². The molecule has 0 aliphatic rings. The first-order chi connectivity index (χ1) is 10.1. The summed E-state index contributed by atoms with van der Waals surface area (Å²) in [5.74, 6) is 0.0714. The van der Waals surface area contributed by atoms with Gasteiger partial charge in [-0.05, 0) is 43.4 Å². The molecule has 0 aliphatic carbocycles. The summed E-state index contributed by atoms with van der Waals surface area (Å²) in [6, 6.07) is 3.98. The molecule has 0 spiro atoms. The van der Waals surface area contributed by atoms with E-state index in [-0.39, 0.29) is 17.8 Å². The fourth-order valence-electron chi connectivity index (χ4n) is 1.84. The number of amides is 1. The van der Waals surface area contributed by atoms with Crippen LogP contribution in [-0.4, -0.2) is 27.9 Å². The van der Waals surface area contributed by atoms with Crippen molar-refractivity contribution in [2.45, 2.75) is 26.3 Å². The Morgan fingerprint density at radius 1 is 1.48 bits per heavy atom. The lowest BCUT2D eigenvalue weighted by molar-refractivity contribution is 0.0945. The first kappa shape index (κ1) is 15.2. The van der Waals surface area contributed by atoms with E-state index in [4.69, 9.17) is 5.73 Å². The number of nitrogens with one attached hydrogen (secondary N) is 2. The zero-order valence-corrected chi connectivity index (χ0v) is 12.9. The molecule has 0 aliphatic heterocycles. The summed E-state index contributed by atoms with van der Waals surface area (Å²) >= 11 is 1.20. The summed E-state index contributed by atoms with van der Waals surface area (Å²) in [7, 11) is 0. The molecule has 0 saturated heterocycles. The average Bonchev–Trinajstić information content (AvgIpc) is 2.80. The number of nitrogen functional groups attached to an aromatic ring is 1. The van der Waals surface area contributed by atoms with Gasteiger partial charge in [-0.3, -0.25) is 9.78 Å². The molecule has 7 heteroatoms. The van der Waals surface area contributed by atoms with Crippen LogP contribution >= 0.6 is 11.5 Å². The van der Waals surface area contributed by atoms with E-state index in [1.54, 1.807) is 6.20 Å². The molecule has 0 fully saturated rings. The fraction of sp³-hybridized carbons (Fsp3) is 0.357. The number of hydrogen-bond donors (Lipinski definition) is 3. The van der Waals surface area contributed by atoms with E-state index in [1.807, 2.05) is 32.2 Å². The molecule has 0 radical (unpaired) electrons. The van der Waals surface area contributed by atoms with Crippen molar-refractivity contribution >= 4 is 28.3 Å². The average molecular weight is 305 g/mol. The van der Waals surface area contributed by atoms with Gasteiger partial charge in [0, 0.05) is 25.0 Å². The normalized spacial score (nSPS) is 10.6. The van der Waals surface area contributed by atoms with Gasteiger partial charge in [-0.25, -0.2) is 0 Å². The molecule has 0 atom stereocenters. The first-order valence-electron chi connectivity index (χ1n) is 6.76. The van der Waals surface area contributed by atoms with E-state index in [0.717, 1.165) is 12.0 Å². The van der Waals surface area contributed by atoms with Crippen LogP contribution in [0.2, 0.25) is 0 Å². The van der Waals surface area contributed by atoms with Crippen LogP contribution in [0.1, 0.15) is 29.8 Å². The number of hydrogen-bond acceptors (Lipinski definition) is 6. The van der Waals surface area contributed by atoms with E-state index >= 15 is 0 Å². The predicted octanol–water partition coefficient (Wildman–Crippen LogP) is 1.91. The number of rotatable bonds is 6. The monoisotopic (exact) mass is 305 g/mol. The highest BCUT2D eigenvalue weighted by Gasteiger charge is 2.19. The summed E-state index contributed by atoms with van der Waals surface area (Å²) in [5, 5.41) is 6.76. The maximum atomic E-state index is 12.1. The number of carbonyl (C=O) groups excluding carboxylic acids is 1. The molecule has 1 amide bonds. The molecule has 21 heavy (non-hydrogen) atoms. The van der Waals surface area contributed by atoms with E-state index in [9.17, 15) is 4.79 Å². The minimum absolute atomic E-state index is 0.0556. The Kier molecular flexibility index (Phi) is 5.10. The highest BCUT2D eigenvalue weighted by molar-refractivity contribution is 7.11. The Labute approximate surface area is 128 Å². The second-order valence-electron chi connectivity index (χ2n) is 4.94. The van der Waals surface area contributed by atoms with Gasteiger partial charge in [0.1, 0.15) is 10.6 Å². The van der Waals surface area contributed by atoms with Gasteiger partial charge in [-0.1, -0.05) is 6.07 Å². The van der Waals surface area contributed by atoms with E-state index in [2.05, 4.69) is 20.0 Å². The first-order valence-corrected chi connectivity index (χ1v) is 7.54. The fourth-order valence-corrected chi connectivity index (χ4v) is 2.58. The smallest absolute Gasteiger partial charge is 0.258 e. The van der Waals surface area contributed by atoms with Gasteiger partial charge >= 0.3 is 0 Å². The van der Waals surface area contributed by atoms with Crippen LogP contribution in [0.5, 0.6) is 0 Å². The summed E-state index contributed by atoms with van der Waals surface area (Å²) in [4.78, 5) is 16.2. The van der Waals surface area contributed by atoms with Crippen molar-refractivity contribution in [1.29, 1.82) is 0 Å². The van der Waals surface area contributed by atoms with Crippen LogP contribution in [0, 0.1) is 0 Å². The summed E-state index contributed by atoms with van der Waals surface area (Å²) in [6.07, 6.45) is 4.39. The van der Waals surface area contributed by atoms with Crippen LogP contribution in [0.4, 0.5) is 10.8 Å². The number of anilines is 2. The molecule has 0 unspecified atom stereocenters. The molecule has 2 aromatic heterocycles. The number of aromatic nitrogens is 2. The van der Waals surface area contributed by atoms with Crippen LogP contribution < -0.4 is 16.4 Å². The molecule has 0 saturated carbocycles. The van der Waals surface area contributed by atoms with Crippen molar-refractivity contribution in [2.75, 3.05) is 17.6 Å². The van der Waals surface area contributed by atoms with Crippen LogP contribution in [0.15, 0.2) is 24.5 Å². The van der Waals surface area contributed by atoms with E-state index < -0.39 is 0 Å². The zero-order valence-electron chi connectivity index (χ0n) is 12.1. The lowest BCUT2D eigenvalue weighted by Gasteiger charge is -2.10. The third kappa shape index (κ3) is 4.16. The van der Waals surface area contributed by atoms with Gasteiger partial charge in [-0.2, -0.15) is 4.37 Å². The van der Waals surface area contributed by atoms with E-state index in [1.165, 1.54) is 11.5 Å². The summed E-state index contributed by atoms with van der Waals surface area (Å²) < 4.78 is 4.05. The van der Waals surface area contributed by atoms with Crippen molar-refractivity contribution in [1.82, 2.24) is 14.7 Å². The molecule has 4 N–H and O–H groups in total. The number of nitrogens with two attached hydrogens (primary N) is 1. The maximum absolute atomic E-state index is 12.1. The highest BCUT2D eigenvalue weighted by Crippen LogP contribution is 2.26. The Bertz CT molecular complexity index is 597. The van der Waals surface area contributed by atoms with Crippen molar-refractivity contribution in [2.24, 2.45) is 0 Å². The van der Waals surface area contributed by atoms with Crippen LogP contribution in [0.25, 0.3) is 0 Å². The highest BCUT2D eigenvalue weighted by atomic mass is 32.1. The van der Waals surface area contributed by atoms with Gasteiger partial charge < -0.3 is 16.4 Å². The topological polar surface area (TPSA) is 92.9 Å². The molecule has 2 rings (SSSR count). The molecule has 2 heterocycles. The van der Waals surface area contributed by atoms with Gasteiger partial charge in [0.25, 0.3) is 5.91 Å². The van der Waals surface area contributed by atoms with Crippen LogP contribution in [0.3, 0.4) is 0 Å². The Morgan fingerprint density at radius 3 is 2.95 bits per heavy atom. The standard InChI is InChI=1S/C14H19N5OS/c1-9(2)18-13(20)11-12(15)19-21-14(11)17-7-5-10-4-3-6-16-8-10/h3-4,6,8-9,17H,5,7H2,1-2H3,(H2,15,19)(H,18,20). The van der Waals surface area contributed by atoms with Crippen molar-refractivity contribution in [3.8, 4) is 0 Å². The molecule has 0 aromatic carbocycles.